The van der Waals surface area contributed by atoms with Crippen LogP contribution in [-0.2, 0) is 19.9 Å². The normalized spacial score (nSPS) is 13.9. The van der Waals surface area contributed by atoms with E-state index in [1.807, 2.05) is 0 Å². The first-order valence-electron chi connectivity index (χ1n) is 6.38. The first kappa shape index (κ1) is 17.8. The fourth-order valence-electron chi connectivity index (χ4n) is 1.86. The highest BCUT2D eigenvalue weighted by molar-refractivity contribution is 7.91. The van der Waals surface area contributed by atoms with Crippen LogP contribution >= 0.6 is 0 Å². The van der Waals surface area contributed by atoms with Gasteiger partial charge in [0.1, 0.15) is 9.84 Å². The predicted molar refractivity (Wildman–Crippen MR) is 80.6 cm³/mol. The number of carbonyl (C=O) groups excluding carboxylic acids is 1. The summed E-state index contributed by atoms with van der Waals surface area (Å²) in [5, 5.41) is 0. The number of nitrogens with one attached hydrogen (secondary N) is 1. The summed E-state index contributed by atoms with van der Waals surface area (Å²) in [4.78, 5) is 11.6. The van der Waals surface area contributed by atoms with E-state index in [0.29, 0.717) is 5.56 Å². The molecule has 0 saturated carbocycles. The second-order valence-electron chi connectivity index (χ2n) is 4.92. The molecule has 0 fully saturated rings. The van der Waals surface area contributed by atoms with Crippen molar-refractivity contribution in [2.24, 2.45) is 0 Å². The van der Waals surface area contributed by atoms with Gasteiger partial charge in [-0.2, -0.15) is 0 Å². The Morgan fingerprint density at radius 2 is 1.86 bits per heavy atom. The van der Waals surface area contributed by atoms with Crippen LogP contribution in [-0.4, -0.2) is 40.7 Å². The number of sulfonamides is 1. The molecule has 118 valence electrons. The third-order valence-corrected chi connectivity index (χ3v) is 5.39. The molecule has 8 heteroatoms. The zero-order valence-electron chi connectivity index (χ0n) is 12.2. The molecule has 1 unspecified atom stereocenters. The Labute approximate surface area is 125 Å². The van der Waals surface area contributed by atoms with Crippen LogP contribution in [0.1, 0.15) is 30.6 Å². The summed E-state index contributed by atoms with van der Waals surface area (Å²) < 4.78 is 49.0. The highest BCUT2D eigenvalue weighted by atomic mass is 32.2. The number of hydrogen-bond donors (Lipinski definition) is 1. The molecule has 1 aromatic rings. The summed E-state index contributed by atoms with van der Waals surface area (Å²) in [7, 11) is -7.15. The SMILES string of the molecule is CCC(=O)c1cccc(S(=O)(=O)NC(C)CS(C)(=O)=O)c1. The minimum Gasteiger partial charge on any atom is -0.294 e. The number of ketones is 1. The van der Waals surface area contributed by atoms with Crippen molar-refractivity contribution < 1.29 is 21.6 Å². The maximum Gasteiger partial charge on any atom is 0.240 e. The standard InChI is InChI=1S/C13H19NO5S2/c1-4-13(15)11-6-5-7-12(8-11)21(18,19)14-10(2)9-20(3,16)17/h5-8,10,14H,4,9H2,1-3H3. The molecular formula is C13H19NO5S2. The highest BCUT2D eigenvalue weighted by Crippen LogP contribution is 2.13. The number of carbonyl (C=O) groups is 1. The largest absolute Gasteiger partial charge is 0.294 e. The fourth-order valence-corrected chi connectivity index (χ4v) is 4.25. The average Bonchev–Trinajstić information content (AvgIpc) is 2.35. The van der Waals surface area contributed by atoms with E-state index >= 15 is 0 Å². The molecule has 0 amide bonds. The van der Waals surface area contributed by atoms with E-state index in [1.165, 1.54) is 25.1 Å². The van der Waals surface area contributed by atoms with Crippen molar-refractivity contribution >= 4 is 25.6 Å². The second kappa shape index (κ2) is 6.67. The molecule has 0 radical (unpaired) electrons. The fraction of sp³-hybridized carbons (Fsp3) is 0.462. The lowest BCUT2D eigenvalue weighted by molar-refractivity contribution is 0.0988. The van der Waals surface area contributed by atoms with Gasteiger partial charge in [-0.1, -0.05) is 19.1 Å². The molecule has 1 aromatic carbocycles. The molecular weight excluding hydrogens is 314 g/mol. The van der Waals surface area contributed by atoms with Gasteiger partial charge >= 0.3 is 0 Å². The first-order chi connectivity index (χ1) is 9.55. The zero-order chi connectivity index (χ0) is 16.3. The summed E-state index contributed by atoms with van der Waals surface area (Å²) in [6.07, 6.45) is 1.32. The third kappa shape index (κ3) is 5.56. The van der Waals surface area contributed by atoms with Crippen LogP contribution in [0.2, 0.25) is 0 Å². The van der Waals surface area contributed by atoms with Gasteiger partial charge in [0.05, 0.1) is 10.6 Å². The molecule has 0 aliphatic rings. The van der Waals surface area contributed by atoms with E-state index in [-0.39, 0.29) is 22.9 Å². The molecule has 6 nitrogen and oxygen atoms in total. The van der Waals surface area contributed by atoms with Crippen LogP contribution in [0.15, 0.2) is 29.2 Å². The van der Waals surface area contributed by atoms with Gasteiger partial charge < -0.3 is 0 Å². The molecule has 1 atom stereocenters. The highest BCUT2D eigenvalue weighted by Gasteiger charge is 2.20. The predicted octanol–water partition coefficient (Wildman–Crippen LogP) is 0.991. The Balaban J connectivity index is 3.01. The molecule has 1 rings (SSSR count). The van der Waals surface area contributed by atoms with Crippen molar-refractivity contribution in [3.05, 3.63) is 29.8 Å². The third-order valence-electron chi connectivity index (χ3n) is 2.70. The van der Waals surface area contributed by atoms with Gasteiger partial charge in [0.15, 0.2) is 5.78 Å². The van der Waals surface area contributed by atoms with E-state index in [1.54, 1.807) is 13.0 Å². The molecule has 0 aliphatic heterocycles. The molecule has 0 spiro atoms. The van der Waals surface area contributed by atoms with Crippen LogP contribution in [0.5, 0.6) is 0 Å². The van der Waals surface area contributed by atoms with Gasteiger partial charge in [0, 0.05) is 24.3 Å². The van der Waals surface area contributed by atoms with Crippen molar-refractivity contribution in [2.45, 2.75) is 31.2 Å². The number of sulfone groups is 1. The van der Waals surface area contributed by atoms with Crippen molar-refractivity contribution in [1.82, 2.24) is 4.72 Å². The minimum absolute atomic E-state index is 0.0536. The van der Waals surface area contributed by atoms with E-state index in [0.717, 1.165) is 6.26 Å². The lowest BCUT2D eigenvalue weighted by Crippen LogP contribution is -2.37. The Morgan fingerprint density at radius 3 is 2.38 bits per heavy atom. The summed E-state index contributed by atoms with van der Waals surface area (Å²) in [6, 6.07) is 4.93. The quantitative estimate of drug-likeness (QED) is 0.751. The van der Waals surface area contributed by atoms with Gasteiger partial charge in [-0.3, -0.25) is 4.79 Å². The summed E-state index contributed by atoms with van der Waals surface area (Å²) >= 11 is 0. The van der Waals surface area contributed by atoms with Gasteiger partial charge in [-0.25, -0.2) is 21.6 Å². The number of Topliss-reactive ketones (excluding diaryl/α,β-unsaturated/α-hetero) is 1. The van der Waals surface area contributed by atoms with Gasteiger partial charge in [-0.15, -0.1) is 0 Å². The number of hydrogen-bond acceptors (Lipinski definition) is 5. The molecule has 0 saturated heterocycles. The summed E-state index contributed by atoms with van der Waals surface area (Å²) in [5.41, 5.74) is 0.316. The van der Waals surface area contributed by atoms with Crippen LogP contribution in [0.3, 0.4) is 0 Å². The van der Waals surface area contributed by atoms with E-state index < -0.39 is 25.9 Å². The van der Waals surface area contributed by atoms with E-state index in [9.17, 15) is 21.6 Å². The maximum atomic E-state index is 12.2. The topological polar surface area (TPSA) is 97.4 Å². The van der Waals surface area contributed by atoms with Crippen molar-refractivity contribution in [1.29, 1.82) is 0 Å². The van der Waals surface area contributed by atoms with Gasteiger partial charge in [0.2, 0.25) is 10.0 Å². The molecule has 0 aliphatic carbocycles. The van der Waals surface area contributed by atoms with Crippen molar-refractivity contribution in [3.63, 3.8) is 0 Å². The van der Waals surface area contributed by atoms with Crippen molar-refractivity contribution in [2.75, 3.05) is 12.0 Å². The first-order valence-corrected chi connectivity index (χ1v) is 9.93. The minimum atomic E-state index is -3.86. The van der Waals surface area contributed by atoms with Gasteiger partial charge in [0.25, 0.3) is 0 Å². The monoisotopic (exact) mass is 333 g/mol. The van der Waals surface area contributed by atoms with Crippen LogP contribution in [0, 0.1) is 0 Å². The van der Waals surface area contributed by atoms with Crippen LogP contribution < -0.4 is 4.72 Å². The Morgan fingerprint density at radius 1 is 1.24 bits per heavy atom. The maximum absolute atomic E-state index is 12.2. The van der Waals surface area contributed by atoms with Crippen molar-refractivity contribution in [3.8, 4) is 0 Å². The summed E-state index contributed by atoms with van der Waals surface area (Å²) in [6.45, 7) is 3.16. The Bertz CT molecular complexity index is 723. The summed E-state index contributed by atoms with van der Waals surface area (Å²) in [5.74, 6) is -0.448. The molecule has 0 bridgehead atoms. The second-order valence-corrected chi connectivity index (χ2v) is 8.82. The zero-order valence-corrected chi connectivity index (χ0v) is 13.8. The lowest BCUT2D eigenvalue weighted by Gasteiger charge is -2.13. The van der Waals surface area contributed by atoms with Crippen LogP contribution in [0.25, 0.3) is 0 Å². The molecule has 0 heterocycles. The van der Waals surface area contributed by atoms with E-state index in [4.69, 9.17) is 0 Å². The lowest BCUT2D eigenvalue weighted by atomic mass is 10.1. The smallest absolute Gasteiger partial charge is 0.240 e. The number of rotatable bonds is 7. The van der Waals surface area contributed by atoms with Gasteiger partial charge in [-0.05, 0) is 19.1 Å². The average molecular weight is 333 g/mol. The Kier molecular flexibility index (Phi) is 5.66. The van der Waals surface area contributed by atoms with Crippen LogP contribution in [0.4, 0.5) is 0 Å². The Hall–Kier alpha value is -1.25. The van der Waals surface area contributed by atoms with E-state index in [2.05, 4.69) is 4.72 Å². The molecule has 21 heavy (non-hydrogen) atoms. The number of benzene rings is 1. The molecule has 0 aromatic heterocycles. The molecule has 1 N–H and O–H groups in total.